The van der Waals surface area contributed by atoms with Crippen molar-refractivity contribution in [3.8, 4) is 0 Å². The Kier molecular flexibility index (Phi) is 4.17. The van der Waals surface area contributed by atoms with E-state index in [1.165, 1.54) is 12.5 Å². The fraction of sp³-hybridized carbons (Fsp3) is 0.786. The third kappa shape index (κ3) is 2.87. The maximum atomic E-state index is 11.7. The molecule has 1 aliphatic heterocycles. The molecule has 1 aliphatic rings. The van der Waals surface area contributed by atoms with Crippen molar-refractivity contribution in [2.75, 3.05) is 13.1 Å². The normalized spacial score (nSPS) is 31.3. The molecule has 92 valence electrons. The minimum Gasteiger partial charge on any atom is -0.339 e. The van der Waals surface area contributed by atoms with Gasteiger partial charge in [-0.2, -0.15) is 0 Å². The molecule has 0 N–H and O–H groups in total. The molecule has 2 unspecified atom stereocenters. The number of carbonyl (C=O) groups is 1. The first-order chi connectivity index (χ1) is 7.39. The van der Waals surface area contributed by atoms with Crippen molar-refractivity contribution >= 4 is 5.91 Å². The van der Waals surface area contributed by atoms with Gasteiger partial charge in [0, 0.05) is 13.1 Å². The summed E-state index contributed by atoms with van der Waals surface area (Å²) in [5.41, 5.74) is 0.371. The van der Waals surface area contributed by atoms with Gasteiger partial charge in [0.2, 0.25) is 5.91 Å². The number of likely N-dealkylation sites (tertiary alicyclic amines) is 1. The molecule has 0 radical (unpaired) electrons. The molecule has 16 heavy (non-hydrogen) atoms. The smallest absolute Gasteiger partial charge is 0.245 e. The largest absolute Gasteiger partial charge is 0.339 e. The van der Waals surface area contributed by atoms with Crippen LogP contribution in [0, 0.1) is 17.3 Å². The van der Waals surface area contributed by atoms with Crippen molar-refractivity contribution in [3.05, 3.63) is 12.7 Å². The highest BCUT2D eigenvalue weighted by Crippen LogP contribution is 2.39. The van der Waals surface area contributed by atoms with Crippen molar-refractivity contribution in [1.29, 1.82) is 0 Å². The summed E-state index contributed by atoms with van der Waals surface area (Å²) in [5, 5.41) is 0. The summed E-state index contributed by atoms with van der Waals surface area (Å²) in [4.78, 5) is 13.6. The predicted molar refractivity (Wildman–Crippen MR) is 68.1 cm³/mol. The Morgan fingerprint density at radius 1 is 1.56 bits per heavy atom. The monoisotopic (exact) mass is 223 g/mol. The molecule has 1 amide bonds. The second-order valence-electron chi connectivity index (χ2n) is 5.86. The SMILES string of the molecule is C=CC(=O)N1CCC(C)(C(C)C)CC(C)C1. The van der Waals surface area contributed by atoms with Gasteiger partial charge in [-0.05, 0) is 36.2 Å². The van der Waals surface area contributed by atoms with Gasteiger partial charge in [0.25, 0.3) is 0 Å². The molecule has 1 rings (SSSR count). The van der Waals surface area contributed by atoms with Gasteiger partial charge in [0.05, 0.1) is 0 Å². The summed E-state index contributed by atoms with van der Waals surface area (Å²) < 4.78 is 0. The minimum atomic E-state index is 0.0832. The van der Waals surface area contributed by atoms with E-state index in [0.29, 0.717) is 17.3 Å². The van der Waals surface area contributed by atoms with Gasteiger partial charge in [-0.3, -0.25) is 4.79 Å². The number of amides is 1. The van der Waals surface area contributed by atoms with Crippen molar-refractivity contribution < 1.29 is 4.79 Å². The molecule has 1 saturated heterocycles. The fourth-order valence-electron chi connectivity index (χ4n) is 2.67. The van der Waals surface area contributed by atoms with E-state index >= 15 is 0 Å². The summed E-state index contributed by atoms with van der Waals surface area (Å²) in [5.74, 6) is 1.34. The highest BCUT2D eigenvalue weighted by molar-refractivity contribution is 5.87. The molecule has 2 heteroatoms. The second kappa shape index (κ2) is 5.03. The van der Waals surface area contributed by atoms with Gasteiger partial charge in [0.15, 0.2) is 0 Å². The molecular formula is C14H25NO. The Labute approximate surface area is 99.7 Å². The van der Waals surface area contributed by atoms with E-state index in [-0.39, 0.29) is 5.91 Å². The third-order valence-corrected chi connectivity index (χ3v) is 4.18. The summed E-state index contributed by atoms with van der Waals surface area (Å²) in [6.45, 7) is 14.5. The number of nitrogens with zero attached hydrogens (tertiary/aromatic N) is 1. The van der Waals surface area contributed by atoms with Gasteiger partial charge >= 0.3 is 0 Å². The van der Waals surface area contributed by atoms with Gasteiger partial charge < -0.3 is 4.90 Å². The Balaban J connectivity index is 2.76. The van der Waals surface area contributed by atoms with E-state index in [2.05, 4.69) is 34.3 Å². The average molecular weight is 223 g/mol. The first kappa shape index (κ1) is 13.3. The predicted octanol–water partition coefficient (Wildman–Crippen LogP) is 3.09. The molecule has 0 aromatic heterocycles. The Morgan fingerprint density at radius 2 is 2.19 bits per heavy atom. The van der Waals surface area contributed by atoms with E-state index < -0.39 is 0 Å². The zero-order valence-corrected chi connectivity index (χ0v) is 11.1. The van der Waals surface area contributed by atoms with Crippen LogP contribution < -0.4 is 0 Å². The van der Waals surface area contributed by atoms with Crippen molar-refractivity contribution in [1.82, 2.24) is 4.90 Å². The molecular weight excluding hydrogens is 198 g/mol. The van der Waals surface area contributed by atoms with Crippen LogP contribution in [0.2, 0.25) is 0 Å². The topological polar surface area (TPSA) is 20.3 Å². The summed E-state index contributed by atoms with van der Waals surface area (Å²) in [7, 11) is 0. The number of hydrogen-bond donors (Lipinski definition) is 0. The van der Waals surface area contributed by atoms with Crippen LogP contribution in [-0.2, 0) is 4.79 Å². The van der Waals surface area contributed by atoms with Gasteiger partial charge in [-0.25, -0.2) is 0 Å². The van der Waals surface area contributed by atoms with Crippen LogP contribution >= 0.6 is 0 Å². The van der Waals surface area contributed by atoms with E-state index in [4.69, 9.17) is 0 Å². The summed E-state index contributed by atoms with van der Waals surface area (Å²) >= 11 is 0. The summed E-state index contributed by atoms with van der Waals surface area (Å²) in [6, 6.07) is 0. The van der Waals surface area contributed by atoms with Crippen LogP contribution in [-0.4, -0.2) is 23.9 Å². The molecule has 2 nitrogen and oxygen atoms in total. The van der Waals surface area contributed by atoms with Crippen molar-refractivity contribution in [2.24, 2.45) is 17.3 Å². The van der Waals surface area contributed by atoms with Gasteiger partial charge in [-0.1, -0.05) is 34.3 Å². The second-order valence-corrected chi connectivity index (χ2v) is 5.86. The molecule has 1 fully saturated rings. The maximum Gasteiger partial charge on any atom is 0.245 e. The molecule has 0 saturated carbocycles. The summed E-state index contributed by atoms with van der Waals surface area (Å²) in [6.07, 6.45) is 3.75. The highest BCUT2D eigenvalue weighted by atomic mass is 16.2. The standard InChI is InChI=1S/C14H25NO/c1-6-13(16)15-8-7-14(5,11(2)3)9-12(4)10-15/h6,11-12H,1,7-10H2,2-5H3. The first-order valence-electron chi connectivity index (χ1n) is 6.30. The highest BCUT2D eigenvalue weighted by Gasteiger charge is 2.34. The third-order valence-electron chi connectivity index (χ3n) is 4.18. The lowest BCUT2D eigenvalue weighted by molar-refractivity contribution is -0.126. The Morgan fingerprint density at radius 3 is 2.69 bits per heavy atom. The van der Waals surface area contributed by atoms with Crippen LogP contribution in [0.3, 0.4) is 0 Å². The Bertz CT molecular complexity index is 272. The van der Waals surface area contributed by atoms with Crippen molar-refractivity contribution in [3.63, 3.8) is 0 Å². The Hall–Kier alpha value is -0.790. The molecule has 0 aliphatic carbocycles. The van der Waals surface area contributed by atoms with Crippen LogP contribution in [0.5, 0.6) is 0 Å². The zero-order chi connectivity index (χ0) is 12.3. The molecule has 0 spiro atoms. The zero-order valence-electron chi connectivity index (χ0n) is 11.1. The van der Waals surface area contributed by atoms with Gasteiger partial charge in [0.1, 0.15) is 0 Å². The number of carbonyl (C=O) groups excluding carboxylic acids is 1. The van der Waals surface area contributed by atoms with Crippen LogP contribution in [0.4, 0.5) is 0 Å². The quantitative estimate of drug-likeness (QED) is 0.659. The lowest BCUT2D eigenvalue weighted by atomic mass is 9.71. The minimum absolute atomic E-state index is 0.0832. The van der Waals surface area contributed by atoms with E-state index in [0.717, 1.165) is 19.5 Å². The van der Waals surface area contributed by atoms with E-state index in [1.54, 1.807) is 0 Å². The fourth-order valence-corrected chi connectivity index (χ4v) is 2.67. The van der Waals surface area contributed by atoms with Crippen LogP contribution in [0.25, 0.3) is 0 Å². The lowest BCUT2D eigenvalue weighted by Gasteiger charge is -2.33. The van der Waals surface area contributed by atoms with E-state index in [9.17, 15) is 4.79 Å². The lowest BCUT2D eigenvalue weighted by Crippen LogP contribution is -2.32. The molecule has 0 bridgehead atoms. The van der Waals surface area contributed by atoms with Crippen LogP contribution in [0.15, 0.2) is 12.7 Å². The average Bonchev–Trinajstić information content (AvgIpc) is 2.37. The van der Waals surface area contributed by atoms with Gasteiger partial charge in [-0.15, -0.1) is 0 Å². The number of rotatable bonds is 2. The number of hydrogen-bond acceptors (Lipinski definition) is 1. The van der Waals surface area contributed by atoms with Crippen LogP contribution in [0.1, 0.15) is 40.5 Å². The van der Waals surface area contributed by atoms with Crippen molar-refractivity contribution in [2.45, 2.75) is 40.5 Å². The van der Waals surface area contributed by atoms with E-state index in [1.807, 2.05) is 4.90 Å². The maximum absolute atomic E-state index is 11.7. The first-order valence-corrected chi connectivity index (χ1v) is 6.30. The molecule has 2 atom stereocenters. The molecule has 1 heterocycles. The molecule has 0 aromatic rings. The molecule has 0 aromatic carbocycles.